The molecule has 0 radical (unpaired) electrons. The highest BCUT2D eigenvalue weighted by molar-refractivity contribution is 6.03. The van der Waals surface area contributed by atoms with Gasteiger partial charge in [-0.05, 0) is 38.2 Å². The summed E-state index contributed by atoms with van der Waals surface area (Å²) in [7, 11) is 3.01. The van der Waals surface area contributed by atoms with E-state index in [1.165, 1.54) is 39.2 Å². The SMILES string of the molecule is COC(=O)CCc1c(-c2ccccc2OC)c(C(N)=O)c(C)n1CC1CCCCC1. The van der Waals surface area contributed by atoms with E-state index in [0.717, 1.165) is 29.1 Å². The molecule has 1 heterocycles. The number of nitrogens with zero attached hydrogens (tertiary/aromatic N) is 1. The molecule has 6 heteroatoms. The number of hydrogen-bond acceptors (Lipinski definition) is 4. The van der Waals surface area contributed by atoms with Gasteiger partial charge in [-0.15, -0.1) is 0 Å². The van der Waals surface area contributed by atoms with Crippen LogP contribution in [-0.2, 0) is 22.5 Å². The summed E-state index contributed by atoms with van der Waals surface area (Å²) in [6.07, 6.45) is 6.85. The lowest BCUT2D eigenvalue weighted by Gasteiger charge is -2.24. The Morgan fingerprint density at radius 1 is 1.13 bits per heavy atom. The fourth-order valence-electron chi connectivity index (χ4n) is 4.70. The molecule has 6 nitrogen and oxygen atoms in total. The molecule has 2 aromatic rings. The van der Waals surface area contributed by atoms with Gasteiger partial charge in [-0.2, -0.15) is 0 Å². The number of para-hydroxylation sites is 1. The Morgan fingerprint density at radius 3 is 2.47 bits per heavy atom. The molecule has 1 aliphatic rings. The molecule has 1 saturated carbocycles. The van der Waals surface area contributed by atoms with Crippen LogP contribution in [0.15, 0.2) is 24.3 Å². The van der Waals surface area contributed by atoms with Gasteiger partial charge in [0, 0.05) is 29.1 Å². The first-order valence-electron chi connectivity index (χ1n) is 10.7. The molecule has 1 aromatic heterocycles. The van der Waals surface area contributed by atoms with Crippen molar-refractivity contribution in [2.24, 2.45) is 11.7 Å². The van der Waals surface area contributed by atoms with Crippen LogP contribution in [-0.4, -0.2) is 30.7 Å². The lowest BCUT2D eigenvalue weighted by Crippen LogP contribution is -2.18. The van der Waals surface area contributed by atoms with Crippen molar-refractivity contribution in [1.82, 2.24) is 4.57 Å². The molecule has 1 fully saturated rings. The van der Waals surface area contributed by atoms with Crippen LogP contribution in [0.5, 0.6) is 5.75 Å². The summed E-state index contributed by atoms with van der Waals surface area (Å²) in [5.41, 5.74) is 9.76. The number of carbonyl (C=O) groups is 2. The molecule has 3 rings (SSSR count). The molecular formula is C24H32N2O4. The van der Waals surface area contributed by atoms with E-state index in [4.69, 9.17) is 15.2 Å². The maximum Gasteiger partial charge on any atom is 0.305 e. The van der Waals surface area contributed by atoms with Gasteiger partial charge in [-0.1, -0.05) is 37.5 Å². The van der Waals surface area contributed by atoms with Crippen LogP contribution < -0.4 is 10.5 Å². The molecule has 1 aromatic carbocycles. The van der Waals surface area contributed by atoms with Crippen LogP contribution in [0.2, 0.25) is 0 Å². The van der Waals surface area contributed by atoms with E-state index >= 15 is 0 Å². The lowest BCUT2D eigenvalue weighted by molar-refractivity contribution is -0.140. The van der Waals surface area contributed by atoms with Crippen LogP contribution >= 0.6 is 0 Å². The molecule has 0 atom stereocenters. The highest BCUT2D eigenvalue weighted by Gasteiger charge is 2.28. The van der Waals surface area contributed by atoms with Crippen LogP contribution in [0.25, 0.3) is 11.1 Å². The van der Waals surface area contributed by atoms with Gasteiger partial charge in [0.25, 0.3) is 5.91 Å². The normalized spacial score (nSPS) is 14.5. The first-order chi connectivity index (χ1) is 14.5. The summed E-state index contributed by atoms with van der Waals surface area (Å²) in [6.45, 7) is 2.78. The predicted octanol–water partition coefficient (Wildman–Crippen LogP) is 4.26. The fourth-order valence-corrected chi connectivity index (χ4v) is 4.70. The molecule has 30 heavy (non-hydrogen) atoms. The van der Waals surface area contributed by atoms with Crippen molar-refractivity contribution in [1.29, 1.82) is 0 Å². The topological polar surface area (TPSA) is 83.6 Å². The molecule has 1 amide bonds. The Labute approximate surface area is 178 Å². The third-order valence-electron chi connectivity index (χ3n) is 6.21. The molecule has 0 saturated heterocycles. The number of hydrogen-bond donors (Lipinski definition) is 1. The van der Waals surface area contributed by atoms with Gasteiger partial charge in [0.1, 0.15) is 5.75 Å². The second-order valence-electron chi connectivity index (χ2n) is 8.04. The minimum absolute atomic E-state index is 0.241. The molecule has 0 bridgehead atoms. The van der Waals surface area contributed by atoms with Gasteiger partial charge in [-0.3, -0.25) is 9.59 Å². The van der Waals surface area contributed by atoms with Crippen LogP contribution in [0.4, 0.5) is 0 Å². The maximum atomic E-state index is 12.5. The number of aromatic nitrogens is 1. The lowest BCUT2D eigenvalue weighted by atomic mass is 9.89. The molecule has 1 aliphatic carbocycles. The number of rotatable bonds is 8. The van der Waals surface area contributed by atoms with E-state index in [9.17, 15) is 9.59 Å². The summed E-state index contributed by atoms with van der Waals surface area (Å²) >= 11 is 0. The highest BCUT2D eigenvalue weighted by Crippen LogP contribution is 2.39. The Kier molecular flexibility index (Phi) is 7.19. The van der Waals surface area contributed by atoms with Crippen molar-refractivity contribution >= 4 is 11.9 Å². The minimum Gasteiger partial charge on any atom is -0.496 e. The zero-order valence-corrected chi connectivity index (χ0v) is 18.2. The molecule has 0 unspecified atom stereocenters. The standard InChI is InChI=1S/C24H32N2O4/c1-16-22(24(25)28)23(18-11-7-8-12-20(18)29-2)19(13-14-21(27)30-3)26(16)15-17-9-5-4-6-10-17/h7-8,11-12,17H,4-6,9-10,13-15H2,1-3H3,(H2,25,28). The summed E-state index contributed by atoms with van der Waals surface area (Å²) < 4.78 is 12.7. The van der Waals surface area contributed by atoms with Crippen molar-refractivity contribution in [3.05, 3.63) is 41.2 Å². The Bertz CT molecular complexity index is 910. The van der Waals surface area contributed by atoms with Crippen molar-refractivity contribution in [2.75, 3.05) is 14.2 Å². The van der Waals surface area contributed by atoms with Crippen molar-refractivity contribution in [2.45, 2.75) is 58.4 Å². The minimum atomic E-state index is -0.463. The monoisotopic (exact) mass is 412 g/mol. The smallest absolute Gasteiger partial charge is 0.305 e. The number of ether oxygens (including phenoxy) is 2. The number of methoxy groups -OCH3 is 2. The van der Waals surface area contributed by atoms with E-state index < -0.39 is 5.91 Å². The summed E-state index contributed by atoms with van der Waals surface area (Å²) in [6, 6.07) is 7.62. The van der Waals surface area contributed by atoms with Crippen LogP contribution in [0.3, 0.4) is 0 Å². The molecule has 0 spiro atoms. The Morgan fingerprint density at radius 2 is 1.83 bits per heavy atom. The first kappa shape index (κ1) is 21.9. The number of esters is 1. The number of primary amides is 1. The van der Waals surface area contributed by atoms with Crippen molar-refractivity contribution in [3.63, 3.8) is 0 Å². The Balaban J connectivity index is 2.17. The predicted molar refractivity (Wildman–Crippen MR) is 117 cm³/mol. The molecular weight excluding hydrogens is 380 g/mol. The third-order valence-corrected chi connectivity index (χ3v) is 6.21. The summed E-state index contributed by atoms with van der Waals surface area (Å²) in [5, 5.41) is 0. The zero-order chi connectivity index (χ0) is 21.7. The van der Waals surface area contributed by atoms with Crippen LogP contribution in [0, 0.1) is 12.8 Å². The van der Waals surface area contributed by atoms with Gasteiger partial charge >= 0.3 is 5.97 Å². The fraction of sp³-hybridized carbons (Fsp3) is 0.500. The third kappa shape index (κ3) is 4.53. The molecule has 2 N–H and O–H groups in total. The summed E-state index contributed by atoms with van der Waals surface area (Å²) in [5.74, 6) is 0.502. The number of carbonyl (C=O) groups excluding carboxylic acids is 2. The van der Waals surface area contributed by atoms with Crippen molar-refractivity contribution < 1.29 is 19.1 Å². The van der Waals surface area contributed by atoms with Gasteiger partial charge in [0.05, 0.1) is 26.2 Å². The zero-order valence-electron chi connectivity index (χ0n) is 18.2. The quantitative estimate of drug-likeness (QED) is 0.657. The van der Waals surface area contributed by atoms with Crippen LogP contribution in [0.1, 0.15) is 60.3 Å². The van der Waals surface area contributed by atoms with Gasteiger partial charge in [0.15, 0.2) is 0 Å². The Hall–Kier alpha value is -2.76. The number of benzene rings is 1. The van der Waals surface area contributed by atoms with Gasteiger partial charge in [0.2, 0.25) is 0 Å². The van der Waals surface area contributed by atoms with Gasteiger partial charge in [-0.25, -0.2) is 0 Å². The maximum absolute atomic E-state index is 12.5. The van der Waals surface area contributed by atoms with E-state index in [0.29, 0.717) is 23.7 Å². The number of amides is 1. The second kappa shape index (κ2) is 9.83. The van der Waals surface area contributed by atoms with E-state index in [1.54, 1.807) is 7.11 Å². The van der Waals surface area contributed by atoms with E-state index in [-0.39, 0.29) is 12.4 Å². The summed E-state index contributed by atoms with van der Waals surface area (Å²) in [4.78, 5) is 24.5. The van der Waals surface area contributed by atoms with E-state index in [1.807, 2.05) is 31.2 Å². The largest absolute Gasteiger partial charge is 0.496 e. The first-order valence-corrected chi connectivity index (χ1v) is 10.7. The second-order valence-corrected chi connectivity index (χ2v) is 8.04. The van der Waals surface area contributed by atoms with Crippen molar-refractivity contribution in [3.8, 4) is 16.9 Å². The molecule has 162 valence electrons. The average Bonchev–Trinajstić information content (AvgIpc) is 3.04. The highest BCUT2D eigenvalue weighted by atomic mass is 16.5. The average molecular weight is 413 g/mol. The van der Waals surface area contributed by atoms with E-state index in [2.05, 4.69) is 4.57 Å². The molecule has 0 aliphatic heterocycles. The number of nitrogens with two attached hydrogens (primary N) is 1. The van der Waals surface area contributed by atoms with Gasteiger partial charge < -0.3 is 19.8 Å².